The van der Waals surface area contributed by atoms with E-state index in [1.54, 1.807) is 6.33 Å². The van der Waals surface area contributed by atoms with E-state index in [0.717, 1.165) is 10.5 Å². The molecule has 0 amide bonds. The molecule has 0 saturated carbocycles. The first kappa shape index (κ1) is 15.3. The number of fused-ring (bicyclic) bond motifs is 2. The number of hydrogen-bond acceptors (Lipinski definition) is 8. The van der Waals surface area contributed by atoms with Crippen LogP contribution in [0.3, 0.4) is 0 Å². The fraction of sp³-hybridized carbons (Fsp3) is 0.643. The van der Waals surface area contributed by atoms with E-state index in [-0.39, 0.29) is 18.8 Å². The molecule has 4 atom stereocenters. The fourth-order valence-electron chi connectivity index (χ4n) is 3.20. The zero-order valence-corrected chi connectivity index (χ0v) is 13.9. The molecule has 2 aliphatic rings. The van der Waals surface area contributed by atoms with Gasteiger partial charge in [0.25, 0.3) is 0 Å². The summed E-state index contributed by atoms with van der Waals surface area (Å²) in [6, 6.07) is 0. The van der Waals surface area contributed by atoms with E-state index in [2.05, 4.69) is 15.0 Å². The SMILES string of the molecule is CSc1ncnc2c1ncn2[C@@H]1O[C@H](CO)[C@@H]2OC(C)(C)OC21. The summed E-state index contributed by atoms with van der Waals surface area (Å²) in [5.41, 5.74) is 1.41. The standard InChI is InChI=1S/C14H18N4O4S/c1-14(2)21-9-7(4-19)20-13(10(9)22-14)18-6-17-8-11(18)15-5-16-12(8)23-3/h5-7,9-10,13,19H,4H2,1-3H3/t7-,9+,10?,13-/m1/s1. The van der Waals surface area contributed by atoms with Gasteiger partial charge < -0.3 is 19.3 Å². The number of imidazole rings is 1. The summed E-state index contributed by atoms with van der Waals surface area (Å²) in [6.07, 6.45) is 3.60. The van der Waals surface area contributed by atoms with Gasteiger partial charge >= 0.3 is 0 Å². The summed E-state index contributed by atoms with van der Waals surface area (Å²) in [4.78, 5) is 13.0. The lowest BCUT2D eigenvalue weighted by molar-refractivity contribution is -0.199. The van der Waals surface area contributed by atoms with Crippen molar-refractivity contribution in [1.29, 1.82) is 0 Å². The monoisotopic (exact) mass is 338 g/mol. The molecule has 1 unspecified atom stereocenters. The van der Waals surface area contributed by atoms with Crippen molar-refractivity contribution in [2.24, 2.45) is 0 Å². The first-order chi connectivity index (χ1) is 11.0. The Morgan fingerprint density at radius 1 is 1.26 bits per heavy atom. The summed E-state index contributed by atoms with van der Waals surface area (Å²) in [5, 5.41) is 10.4. The van der Waals surface area contributed by atoms with E-state index in [4.69, 9.17) is 14.2 Å². The van der Waals surface area contributed by atoms with Crippen LogP contribution < -0.4 is 0 Å². The minimum absolute atomic E-state index is 0.130. The van der Waals surface area contributed by atoms with Gasteiger partial charge in [-0.2, -0.15) is 0 Å². The Kier molecular flexibility index (Phi) is 3.58. The quantitative estimate of drug-likeness (QED) is 0.653. The molecule has 2 fully saturated rings. The van der Waals surface area contributed by atoms with E-state index < -0.39 is 18.1 Å². The van der Waals surface area contributed by atoms with Crippen LogP contribution in [0.25, 0.3) is 11.2 Å². The van der Waals surface area contributed by atoms with Gasteiger partial charge in [0.15, 0.2) is 17.7 Å². The molecule has 0 spiro atoms. The van der Waals surface area contributed by atoms with E-state index in [9.17, 15) is 5.11 Å². The maximum atomic E-state index is 9.58. The van der Waals surface area contributed by atoms with Crippen LogP contribution in [-0.4, -0.2) is 61.6 Å². The molecule has 1 N–H and O–H groups in total. The van der Waals surface area contributed by atoms with Crippen molar-refractivity contribution < 1.29 is 19.3 Å². The molecule has 2 aromatic heterocycles. The molecule has 4 heterocycles. The van der Waals surface area contributed by atoms with Crippen LogP contribution in [0.5, 0.6) is 0 Å². The van der Waals surface area contributed by atoms with Crippen molar-refractivity contribution in [3.8, 4) is 0 Å². The van der Waals surface area contributed by atoms with Crippen molar-refractivity contribution in [3.05, 3.63) is 12.7 Å². The highest BCUT2D eigenvalue weighted by Crippen LogP contribution is 2.43. The number of aromatic nitrogens is 4. The Hall–Kier alpha value is -1.26. The van der Waals surface area contributed by atoms with Crippen LogP contribution in [0.15, 0.2) is 17.7 Å². The number of rotatable bonds is 3. The second-order valence-corrected chi connectivity index (χ2v) is 6.81. The second kappa shape index (κ2) is 5.38. The Bertz CT molecular complexity index is 737. The molecule has 2 aliphatic heterocycles. The molecular formula is C14H18N4O4S. The molecule has 23 heavy (non-hydrogen) atoms. The molecule has 2 saturated heterocycles. The summed E-state index contributed by atoms with van der Waals surface area (Å²) >= 11 is 1.51. The third-order valence-corrected chi connectivity index (χ3v) is 4.78. The molecule has 0 aliphatic carbocycles. The first-order valence-electron chi connectivity index (χ1n) is 7.37. The number of ether oxygens (including phenoxy) is 3. The summed E-state index contributed by atoms with van der Waals surface area (Å²) in [6.45, 7) is 3.59. The topological polar surface area (TPSA) is 91.5 Å². The van der Waals surface area contributed by atoms with E-state index in [1.807, 2.05) is 24.7 Å². The Balaban J connectivity index is 1.76. The van der Waals surface area contributed by atoms with Crippen LogP contribution >= 0.6 is 11.8 Å². The summed E-state index contributed by atoms with van der Waals surface area (Å²) in [7, 11) is 0. The van der Waals surface area contributed by atoms with Gasteiger partial charge in [-0.3, -0.25) is 4.57 Å². The number of thioether (sulfide) groups is 1. The largest absolute Gasteiger partial charge is 0.394 e. The van der Waals surface area contributed by atoms with E-state index >= 15 is 0 Å². The van der Waals surface area contributed by atoms with Gasteiger partial charge in [-0.05, 0) is 20.1 Å². The minimum Gasteiger partial charge on any atom is -0.394 e. The fourth-order valence-corrected chi connectivity index (χ4v) is 3.69. The molecule has 8 nitrogen and oxygen atoms in total. The molecular weight excluding hydrogens is 320 g/mol. The third kappa shape index (κ3) is 2.34. The number of aliphatic hydroxyl groups excluding tert-OH is 1. The molecule has 0 aromatic carbocycles. The lowest BCUT2D eigenvalue weighted by atomic mass is 10.1. The Labute approximate surface area is 137 Å². The molecule has 0 bridgehead atoms. The predicted molar refractivity (Wildman–Crippen MR) is 81.9 cm³/mol. The molecule has 9 heteroatoms. The highest BCUT2D eigenvalue weighted by molar-refractivity contribution is 7.98. The minimum atomic E-state index is -0.708. The van der Waals surface area contributed by atoms with Gasteiger partial charge in [0.1, 0.15) is 35.2 Å². The van der Waals surface area contributed by atoms with Crippen molar-refractivity contribution in [2.75, 3.05) is 12.9 Å². The van der Waals surface area contributed by atoms with Gasteiger partial charge in [0.2, 0.25) is 0 Å². The second-order valence-electron chi connectivity index (χ2n) is 6.02. The van der Waals surface area contributed by atoms with Gasteiger partial charge in [-0.15, -0.1) is 11.8 Å². The van der Waals surface area contributed by atoms with Crippen molar-refractivity contribution in [2.45, 2.75) is 49.2 Å². The van der Waals surface area contributed by atoms with Crippen molar-refractivity contribution in [3.63, 3.8) is 0 Å². The predicted octanol–water partition coefficient (Wildman–Crippen LogP) is 0.958. The van der Waals surface area contributed by atoms with E-state index in [0.29, 0.717) is 5.65 Å². The van der Waals surface area contributed by atoms with Crippen LogP contribution in [0.2, 0.25) is 0 Å². The molecule has 2 aromatic rings. The highest BCUT2D eigenvalue weighted by atomic mass is 32.2. The molecule has 0 radical (unpaired) electrons. The number of nitrogens with zero attached hydrogens (tertiary/aromatic N) is 4. The summed E-state index contributed by atoms with van der Waals surface area (Å²) in [5.74, 6) is -0.708. The van der Waals surface area contributed by atoms with Gasteiger partial charge in [0.05, 0.1) is 12.9 Å². The smallest absolute Gasteiger partial charge is 0.166 e. The number of aliphatic hydroxyl groups is 1. The van der Waals surface area contributed by atoms with Crippen LogP contribution in [-0.2, 0) is 14.2 Å². The maximum absolute atomic E-state index is 9.58. The third-order valence-electron chi connectivity index (χ3n) is 4.10. The maximum Gasteiger partial charge on any atom is 0.166 e. The number of hydrogen-bond donors (Lipinski definition) is 1. The summed E-state index contributed by atoms with van der Waals surface area (Å²) < 4.78 is 19.7. The Morgan fingerprint density at radius 3 is 2.78 bits per heavy atom. The van der Waals surface area contributed by atoms with Crippen LogP contribution in [0.1, 0.15) is 20.1 Å². The lowest BCUT2D eigenvalue weighted by Gasteiger charge is -2.24. The Morgan fingerprint density at radius 2 is 2.04 bits per heavy atom. The van der Waals surface area contributed by atoms with E-state index in [1.165, 1.54) is 18.1 Å². The van der Waals surface area contributed by atoms with Crippen molar-refractivity contribution in [1.82, 2.24) is 19.5 Å². The highest BCUT2D eigenvalue weighted by Gasteiger charge is 2.55. The van der Waals surface area contributed by atoms with Gasteiger partial charge in [0, 0.05) is 0 Å². The molecule has 124 valence electrons. The van der Waals surface area contributed by atoms with Crippen LogP contribution in [0, 0.1) is 0 Å². The zero-order chi connectivity index (χ0) is 16.2. The normalized spacial score (nSPS) is 32.5. The molecule has 4 rings (SSSR count). The first-order valence-corrected chi connectivity index (χ1v) is 8.60. The average Bonchev–Trinajstić information content (AvgIpc) is 3.17. The van der Waals surface area contributed by atoms with Crippen LogP contribution in [0.4, 0.5) is 0 Å². The average molecular weight is 338 g/mol. The van der Waals surface area contributed by atoms with Crippen molar-refractivity contribution >= 4 is 22.9 Å². The van der Waals surface area contributed by atoms with Gasteiger partial charge in [-0.25, -0.2) is 15.0 Å². The zero-order valence-electron chi connectivity index (χ0n) is 13.0. The van der Waals surface area contributed by atoms with Gasteiger partial charge in [-0.1, -0.05) is 0 Å². The lowest BCUT2D eigenvalue weighted by Crippen LogP contribution is -2.31.